The SMILES string of the molecule is CN(O)Cc1ccccc1N(C)C. The van der Waals surface area contributed by atoms with E-state index in [-0.39, 0.29) is 0 Å². The maximum absolute atomic E-state index is 9.13. The Kier molecular flexibility index (Phi) is 3.28. The maximum atomic E-state index is 9.13. The van der Waals surface area contributed by atoms with E-state index >= 15 is 0 Å². The Balaban J connectivity index is 2.91. The van der Waals surface area contributed by atoms with Crippen molar-refractivity contribution in [3.63, 3.8) is 0 Å². The third kappa shape index (κ3) is 2.72. The van der Waals surface area contributed by atoms with Crippen molar-refractivity contribution in [2.75, 3.05) is 26.0 Å². The molecule has 0 saturated heterocycles. The lowest BCUT2D eigenvalue weighted by atomic mass is 10.1. The first-order valence-electron chi connectivity index (χ1n) is 4.26. The molecule has 13 heavy (non-hydrogen) atoms. The van der Waals surface area contributed by atoms with Crippen LogP contribution in [-0.4, -0.2) is 31.4 Å². The lowest BCUT2D eigenvalue weighted by molar-refractivity contribution is -0.0730. The van der Waals surface area contributed by atoms with Gasteiger partial charge in [0.25, 0.3) is 0 Å². The number of para-hydroxylation sites is 1. The van der Waals surface area contributed by atoms with E-state index in [1.54, 1.807) is 7.05 Å². The third-order valence-electron chi connectivity index (χ3n) is 1.87. The molecule has 0 bridgehead atoms. The number of anilines is 1. The largest absolute Gasteiger partial charge is 0.377 e. The van der Waals surface area contributed by atoms with Gasteiger partial charge >= 0.3 is 0 Å². The van der Waals surface area contributed by atoms with Crippen LogP contribution in [0, 0.1) is 0 Å². The first kappa shape index (κ1) is 10.0. The van der Waals surface area contributed by atoms with Gasteiger partial charge in [0.15, 0.2) is 0 Å². The van der Waals surface area contributed by atoms with Gasteiger partial charge in [-0.1, -0.05) is 18.2 Å². The summed E-state index contributed by atoms with van der Waals surface area (Å²) in [6.07, 6.45) is 0. The molecule has 72 valence electrons. The molecule has 1 aromatic carbocycles. The number of hydrogen-bond acceptors (Lipinski definition) is 3. The Bertz CT molecular complexity index is 271. The zero-order valence-corrected chi connectivity index (χ0v) is 8.36. The van der Waals surface area contributed by atoms with Gasteiger partial charge in [-0.15, -0.1) is 0 Å². The normalized spacial score (nSPS) is 10.5. The topological polar surface area (TPSA) is 26.7 Å². The van der Waals surface area contributed by atoms with Crippen LogP contribution in [0.25, 0.3) is 0 Å². The van der Waals surface area contributed by atoms with Crippen molar-refractivity contribution in [2.45, 2.75) is 6.54 Å². The molecule has 0 fully saturated rings. The van der Waals surface area contributed by atoms with E-state index in [2.05, 4.69) is 0 Å². The van der Waals surface area contributed by atoms with Gasteiger partial charge in [0, 0.05) is 26.8 Å². The second-order valence-electron chi connectivity index (χ2n) is 3.34. The fourth-order valence-corrected chi connectivity index (χ4v) is 1.33. The van der Waals surface area contributed by atoms with Crippen molar-refractivity contribution in [2.24, 2.45) is 0 Å². The quantitative estimate of drug-likeness (QED) is 0.715. The van der Waals surface area contributed by atoms with E-state index in [1.807, 2.05) is 43.3 Å². The average molecular weight is 180 g/mol. The van der Waals surface area contributed by atoms with Crippen molar-refractivity contribution >= 4 is 5.69 Å². The van der Waals surface area contributed by atoms with Crippen molar-refractivity contribution in [3.8, 4) is 0 Å². The summed E-state index contributed by atoms with van der Waals surface area (Å²) in [5.74, 6) is 0. The van der Waals surface area contributed by atoms with Crippen LogP contribution >= 0.6 is 0 Å². The molecule has 1 rings (SSSR count). The fraction of sp³-hybridized carbons (Fsp3) is 0.400. The van der Waals surface area contributed by atoms with Gasteiger partial charge in [0.2, 0.25) is 0 Å². The van der Waals surface area contributed by atoms with Crippen LogP contribution < -0.4 is 4.90 Å². The molecule has 0 radical (unpaired) electrons. The van der Waals surface area contributed by atoms with Crippen LogP contribution in [-0.2, 0) is 6.54 Å². The van der Waals surface area contributed by atoms with E-state index < -0.39 is 0 Å². The minimum Gasteiger partial charge on any atom is -0.377 e. The smallest absolute Gasteiger partial charge is 0.0506 e. The lowest BCUT2D eigenvalue weighted by Gasteiger charge is -2.18. The molecule has 0 atom stereocenters. The monoisotopic (exact) mass is 180 g/mol. The zero-order chi connectivity index (χ0) is 9.84. The summed E-state index contributed by atoms with van der Waals surface area (Å²) in [5.41, 5.74) is 2.26. The van der Waals surface area contributed by atoms with Gasteiger partial charge < -0.3 is 10.1 Å². The highest BCUT2D eigenvalue weighted by atomic mass is 16.5. The highest BCUT2D eigenvalue weighted by Crippen LogP contribution is 2.18. The molecule has 0 aliphatic carbocycles. The Hall–Kier alpha value is -1.06. The summed E-state index contributed by atoms with van der Waals surface area (Å²) in [5, 5.41) is 10.3. The van der Waals surface area contributed by atoms with Crippen molar-refractivity contribution in [3.05, 3.63) is 29.8 Å². The van der Waals surface area contributed by atoms with E-state index in [4.69, 9.17) is 5.21 Å². The van der Waals surface area contributed by atoms with Crippen LogP contribution in [0.3, 0.4) is 0 Å². The van der Waals surface area contributed by atoms with Gasteiger partial charge in [0.05, 0.1) is 6.54 Å². The second kappa shape index (κ2) is 4.25. The molecule has 1 N–H and O–H groups in total. The Labute approximate surface area is 79.2 Å². The highest BCUT2D eigenvalue weighted by molar-refractivity contribution is 5.52. The summed E-state index contributed by atoms with van der Waals surface area (Å²) in [7, 11) is 5.64. The van der Waals surface area contributed by atoms with Crippen LogP contribution in [0.1, 0.15) is 5.56 Å². The van der Waals surface area contributed by atoms with Crippen LogP contribution in [0.4, 0.5) is 5.69 Å². The molecule has 0 heterocycles. The summed E-state index contributed by atoms with van der Waals surface area (Å²) in [6, 6.07) is 8.03. The minimum atomic E-state index is 0.550. The maximum Gasteiger partial charge on any atom is 0.0506 e. The first-order chi connectivity index (χ1) is 6.11. The average Bonchev–Trinajstić information content (AvgIpc) is 2.03. The molecule has 3 heteroatoms. The summed E-state index contributed by atoms with van der Waals surface area (Å²) >= 11 is 0. The summed E-state index contributed by atoms with van der Waals surface area (Å²) in [6.45, 7) is 0.550. The molecule has 0 aliphatic heterocycles. The van der Waals surface area contributed by atoms with Crippen molar-refractivity contribution in [1.29, 1.82) is 0 Å². The molecular weight excluding hydrogens is 164 g/mol. The van der Waals surface area contributed by atoms with Gasteiger partial charge in [0.1, 0.15) is 0 Å². The van der Waals surface area contributed by atoms with Gasteiger partial charge in [-0.05, 0) is 11.6 Å². The van der Waals surface area contributed by atoms with E-state index in [1.165, 1.54) is 5.06 Å². The van der Waals surface area contributed by atoms with E-state index in [0.29, 0.717) is 6.54 Å². The predicted octanol–water partition coefficient (Wildman–Crippen LogP) is 1.57. The molecule has 1 aromatic rings. The molecule has 0 aromatic heterocycles. The van der Waals surface area contributed by atoms with Crippen molar-refractivity contribution in [1.82, 2.24) is 5.06 Å². The first-order valence-corrected chi connectivity index (χ1v) is 4.26. The highest BCUT2D eigenvalue weighted by Gasteiger charge is 2.04. The molecule has 3 nitrogen and oxygen atoms in total. The second-order valence-corrected chi connectivity index (χ2v) is 3.34. The molecule has 0 spiro atoms. The molecular formula is C10H16N2O. The number of nitrogens with zero attached hydrogens (tertiary/aromatic N) is 2. The third-order valence-corrected chi connectivity index (χ3v) is 1.87. The minimum absolute atomic E-state index is 0.550. The Morgan fingerprint density at radius 3 is 2.31 bits per heavy atom. The van der Waals surface area contributed by atoms with Gasteiger partial charge in [-0.3, -0.25) is 0 Å². The number of hydroxylamine groups is 2. The zero-order valence-electron chi connectivity index (χ0n) is 8.36. The number of rotatable bonds is 3. The molecule has 0 amide bonds. The molecule has 0 aliphatic rings. The van der Waals surface area contributed by atoms with Gasteiger partial charge in [-0.2, -0.15) is 5.06 Å². The Morgan fingerprint density at radius 2 is 1.77 bits per heavy atom. The van der Waals surface area contributed by atoms with Crippen LogP contribution in [0.15, 0.2) is 24.3 Å². The Morgan fingerprint density at radius 1 is 1.15 bits per heavy atom. The van der Waals surface area contributed by atoms with Crippen LogP contribution in [0.5, 0.6) is 0 Å². The predicted molar refractivity (Wildman–Crippen MR) is 54.0 cm³/mol. The van der Waals surface area contributed by atoms with E-state index in [9.17, 15) is 0 Å². The molecule has 0 unspecified atom stereocenters. The standard InChI is InChI=1S/C10H16N2O/c1-11(2)10-7-5-4-6-9(10)8-12(3)13/h4-7,13H,8H2,1-3H3. The molecule has 0 saturated carbocycles. The summed E-state index contributed by atoms with van der Waals surface area (Å²) < 4.78 is 0. The number of benzene rings is 1. The fourth-order valence-electron chi connectivity index (χ4n) is 1.33. The van der Waals surface area contributed by atoms with Crippen LogP contribution in [0.2, 0.25) is 0 Å². The lowest BCUT2D eigenvalue weighted by Crippen LogP contribution is -2.16. The number of hydrogen-bond donors (Lipinski definition) is 1. The van der Waals surface area contributed by atoms with E-state index in [0.717, 1.165) is 11.3 Å². The van der Waals surface area contributed by atoms with Crippen molar-refractivity contribution < 1.29 is 5.21 Å². The summed E-state index contributed by atoms with van der Waals surface area (Å²) in [4.78, 5) is 2.04. The van der Waals surface area contributed by atoms with Gasteiger partial charge in [-0.25, -0.2) is 0 Å².